The molecule has 0 saturated carbocycles. The average Bonchev–Trinajstić information content (AvgIpc) is 2.25. The molecule has 2 nitrogen and oxygen atoms in total. The molecule has 0 fully saturated rings. The lowest BCUT2D eigenvalue weighted by atomic mass is 9.84. The van der Waals surface area contributed by atoms with Gasteiger partial charge in [0.05, 0.1) is 0 Å². The summed E-state index contributed by atoms with van der Waals surface area (Å²) in [5.74, 6) is 0. The Bertz CT molecular complexity index is 240. The van der Waals surface area contributed by atoms with Gasteiger partial charge in [-0.15, -0.1) is 0 Å². The molecule has 0 heterocycles. The highest BCUT2D eigenvalue weighted by atomic mass is 15.2. The Kier molecular flexibility index (Phi) is 6.35. The second-order valence-electron chi connectivity index (χ2n) is 7.79. The molecule has 0 aromatic rings. The Morgan fingerprint density at radius 2 is 1.39 bits per heavy atom. The summed E-state index contributed by atoms with van der Waals surface area (Å²) in [7, 11) is 2.26. The van der Waals surface area contributed by atoms with Crippen LogP contribution >= 0.6 is 0 Å². The lowest BCUT2D eigenvalue weighted by molar-refractivity contribution is 0.0832. The first-order chi connectivity index (χ1) is 7.96. The maximum atomic E-state index is 3.66. The van der Waals surface area contributed by atoms with Crippen LogP contribution in [0.3, 0.4) is 0 Å². The third-order valence-electron chi connectivity index (χ3n) is 4.42. The first-order valence-electron chi connectivity index (χ1n) is 7.42. The van der Waals surface area contributed by atoms with Gasteiger partial charge in [0.1, 0.15) is 0 Å². The fourth-order valence-electron chi connectivity index (χ4n) is 1.83. The molecule has 0 amide bonds. The van der Waals surface area contributed by atoms with E-state index in [1.807, 2.05) is 0 Å². The SMILES string of the molecule is CCC(C)(CNC(C)(C)C)CN(C)C(C)(C)CC. The molecule has 1 N–H and O–H groups in total. The van der Waals surface area contributed by atoms with E-state index in [1.54, 1.807) is 0 Å². The highest BCUT2D eigenvalue weighted by Crippen LogP contribution is 2.27. The molecule has 0 saturated heterocycles. The predicted octanol–water partition coefficient (Wildman–Crippen LogP) is 3.91. The minimum atomic E-state index is 0.204. The Morgan fingerprint density at radius 1 is 0.889 bits per heavy atom. The van der Waals surface area contributed by atoms with Crippen molar-refractivity contribution >= 4 is 0 Å². The van der Waals surface area contributed by atoms with E-state index in [4.69, 9.17) is 0 Å². The Hall–Kier alpha value is -0.0800. The molecular weight excluding hydrogens is 220 g/mol. The number of nitrogens with one attached hydrogen (secondary N) is 1. The van der Waals surface area contributed by atoms with Gasteiger partial charge in [-0.25, -0.2) is 0 Å². The Labute approximate surface area is 116 Å². The molecule has 0 bridgehead atoms. The van der Waals surface area contributed by atoms with Crippen LogP contribution in [0.15, 0.2) is 0 Å². The quantitative estimate of drug-likeness (QED) is 0.743. The van der Waals surface area contributed by atoms with Crippen LogP contribution < -0.4 is 5.32 Å². The van der Waals surface area contributed by atoms with E-state index < -0.39 is 0 Å². The molecule has 110 valence electrons. The van der Waals surface area contributed by atoms with Crippen LogP contribution in [0.1, 0.15) is 68.2 Å². The maximum absolute atomic E-state index is 3.66. The zero-order valence-corrected chi connectivity index (χ0v) is 14.3. The van der Waals surface area contributed by atoms with E-state index in [0.717, 1.165) is 13.1 Å². The van der Waals surface area contributed by atoms with Crippen molar-refractivity contribution in [2.75, 3.05) is 20.1 Å². The first-order valence-corrected chi connectivity index (χ1v) is 7.42. The molecule has 1 atom stereocenters. The van der Waals surface area contributed by atoms with Gasteiger partial charge in [0.15, 0.2) is 0 Å². The molecule has 1 unspecified atom stereocenters. The second-order valence-corrected chi connectivity index (χ2v) is 7.79. The minimum Gasteiger partial charge on any atom is -0.311 e. The van der Waals surface area contributed by atoms with E-state index in [1.165, 1.54) is 12.8 Å². The predicted molar refractivity (Wildman–Crippen MR) is 83.2 cm³/mol. The van der Waals surface area contributed by atoms with Crippen LogP contribution in [0.5, 0.6) is 0 Å². The van der Waals surface area contributed by atoms with Crippen LogP contribution in [0.25, 0.3) is 0 Å². The third kappa shape index (κ3) is 6.19. The molecule has 0 aromatic heterocycles. The van der Waals surface area contributed by atoms with Crippen molar-refractivity contribution in [1.29, 1.82) is 0 Å². The molecule has 0 spiro atoms. The molecule has 2 heteroatoms. The fraction of sp³-hybridized carbons (Fsp3) is 1.00. The highest BCUT2D eigenvalue weighted by molar-refractivity contribution is 4.87. The summed E-state index contributed by atoms with van der Waals surface area (Å²) in [4.78, 5) is 2.51. The van der Waals surface area contributed by atoms with E-state index in [2.05, 4.69) is 72.7 Å². The summed E-state index contributed by atoms with van der Waals surface area (Å²) in [6.07, 6.45) is 2.40. The normalized spacial score (nSPS) is 17.0. The van der Waals surface area contributed by atoms with Crippen LogP contribution in [0, 0.1) is 5.41 Å². The molecule has 18 heavy (non-hydrogen) atoms. The molecule has 0 aliphatic carbocycles. The topological polar surface area (TPSA) is 15.3 Å². The molecule has 0 aromatic carbocycles. The lowest BCUT2D eigenvalue weighted by Crippen LogP contribution is -2.51. The monoisotopic (exact) mass is 256 g/mol. The van der Waals surface area contributed by atoms with E-state index >= 15 is 0 Å². The van der Waals surface area contributed by atoms with Gasteiger partial charge in [0.2, 0.25) is 0 Å². The zero-order valence-electron chi connectivity index (χ0n) is 14.3. The summed E-state index contributed by atoms with van der Waals surface area (Å²) >= 11 is 0. The summed E-state index contributed by atoms with van der Waals surface area (Å²) in [6, 6.07) is 0. The summed E-state index contributed by atoms with van der Waals surface area (Å²) < 4.78 is 0. The maximum Gasteiger partial charge on any atom is 0.0147 e. The standard InChI is InChI=1S/C16H36N2/c1-10-15(6,7)18(9)13-16(8,11-2)12-17-14(3,4)5/h17H,10-13H2,1-9H3. The highest BCUT2D eigenvalue weighted by Gasteiger charge is 2.30. The number of rotatable bonds is 7. The van der Waals surface area contributed by atoms with Crippen LogP contribution in [0.4, 0.5) is 0 Å². The van der Waals surface area contributed by atoms with Crippen molar-refractivity contribution in [1.82, 2.24) is 10.2 Å². The van der Waals surface area contributed by atoms with E-state index in [9.17, 15) is 0 Å². The molecule has 0 radical (unpaired) electrons. The Balaban J connectivity index is 4.57. The summed E-state index contributed by atoms with van der Waals surface area (Å²) in [6.45, 7) is 20.6. The summed E-state index contributed by atoms with van der Waals surface area (Å²) in [5, 5.41) is 3.66. The molecule has 0 aliphatic heterocycles. The molecular formula is C16H36N2. The van der Waals surface area contributed by atoms with Gasteiger partial charge < -0.3 is 10.2 Å². The lowest BCUT2D eigenvalue weighted by Gasteiger charge is -2.42. The zero-order chi connectivity index (χ0) is 14.6. The van der Waals surface area contributed by atoms with Crippen LogP contribution in [0.2, 0.25) is 0 Å². The fourth-order valence-corrected chi connectivity index (χ4v) is 1.83. The summed E-state index contributed by atoms with van der Waals surface area (Å²) in [5.41, 5.74) is 0.835. The van der Waals surface area contributed by atoms with Crippen LogP contribution in [-0.4, -0.2) is 36.1 Å². The van der Waals surface area contributed by atoms with Gasteiger partial charge in [-0.05, 0) is 59.9 Å². The van der Waals surface area contributed by atoms with Gasteiger partial charge in [-0.1, -0.05) is 20.8 Å². The van der Waals surface area contributed by atoms with Crippen molar-refractivity contribution in [3.8, 4) is 0 Å². The third-order valence-corrected chi connectivity index (χ3v) is 4.42. The second kappa shape index (κ2) is 6.38. The molecule has 0 rings (SSSR count). The van der Waals surface area contributed by atoms with Gasteiger partial charge >= 0.3 is 0 Å². The number of hydrogen-bond donors (Lipinski definition) is 1. The minimum absolute atomic E-state index is 0.204. The van der Waals surface area contributed by atoms with Crippen LogP contribution in [-0.2, 0) is 0 Å². The van der Waals surface area contributed by atoms with E-state index in [0.29, 0.717) is 5.41 Å². The van der Waals surface area contributed by atoms with Crippen molar-refractivity contribution in [2.45, 2.75) is 79.3 Å². The first kappa shape index (κ1) is 17.9. The van der Waals surface area contributed by atoms with Crippen molar-refractivity contribution in [2.24, 2.45) is 5.41 Å². The average molecular weight is 256 g/mol. The van der Waals surface area contributed by atoms with Gasteiger partial charge in [0, 0.05) is 24.2 Å². The Morgan fingerprint density at radius 3 is 1.72 bits per heavy atom. The van der Waals surface area contributed by atoms with Crippen molar-refractivity contribution < 1.29 is 0 Å². The van der Waals surface area contributed by atoms with Crippen molar-refractivity contribution in [3.63, 3.8) is 0 Å². The van der Waals surface area contributed by atoms with Crippen molar-refractivity contribution in [3.05, 3.63) is 0 Å². The van der Waals surface area contributed by atoms with E-state index in [-0.39, 0.29) is 11.1 Å². The number of hydrogen-bond acceptors (Lipinski definition) is 2. The van der Waals surface area contributed by atoms with Gasteiger partial charge in [0.25, 0.3) is 0 Å². The van der Waals surface area contributed by atoms with Gasteiger partial charge in [-0.2, -0.15) is 0 Å². The number of nitrogens with zero attached hydrogens (tertiary/aromatic N) is 1. The van der Waals surface area contributed by atoms with Gasteiger partial charge in [-0.3, -0.25) is 0 Å². The largest absolute Gasteiger partial charge is 0.311 e. The molecule has 0 aliphatic rings. The smallest absolute Gasteiger partial charge is 0.0147 e.